The van der Waals surface area contributed by atoms with Crippen LogP contribution < -0.4 is 11.5 Å². The largest absolute Gasteiger partial charge is 0.330 e. The molecular formula is C4H13ClN2. The van der Waals surface area contributed by atoms with Gasteiger partial charge in [-0.1, -0.05) is 0 Å². The molecule has 0 aromatic rings. The summed E-state index contributed by atoms with van der Waals surface area (Å²) < 4.78 is 55.9. The van der Waals surface area contributed by atoms with Crippen molar-refractivity contribution in [3.05, 3.63) is 0 Å². The van der Waals surface area contributed by atoms with Crippen molar-refractivity contribution in [3.63, 3.8) is 0 Å². The molecule has 46 valence electrons. The first-order chi connectivity index (χ1) is 5.75. The molecule has 0 heterocycles. The first kappa shape index (κ1) is 1.59. The molecule has 0 aliphatic heterocycles. The van der Waals surface area contributed by atoms with Gasteiger partial charge in [-0.05, 0) is 25.7 Å². The SMILES string of the molecule is Cl.[2H]C([2H])(N)C([2H])([2H])C([2H])([2H])C([2H])([2H])N. The second-order valence-electron chi connectivity index (χ2n) is 0.539. The van der Waals surface area contributed by atoms with Crippen LogP contribution in [0.25, 0.3) is 0 Å². The molecule has 0 aliphatic rings. The van der Waals surface area contributed by atoms with Gasteiger partial charge < -0.3 is 11.5 Å². The molecular weight excluding hydrogens is 112 g/mol. The summed E-state index contributed by atoms with van der Waals surface area (Å²) in [5, 5.41) is 0. The lowest BCUT2D eigenvalue weighted by Crippen LogP contribution is -2.03. The number of hydrogen-bond donors (Lipinski definition) is 2. The van der Waals surface area contributed by atoms with Gasteiger partial charge >= 0.3 is 0 Å². The molecule has 2 nitrogen and oxygen atoms in total. The minimum Gasteiger partial charge on any atom is -0.330 e. The van der Waals surface area contributed by atoms with Crippen molar-refractivity contribution in [3.8, 4) is 0 Å². The van der Waals surface area contributed by atoms with Crippen molar-refractivity contribution in [1.82, 2.24) is 0 Å². The smallest absolute Gasteiger partial charge is 0.0425 e. The number of halogens is 1. The predicted molar refractivity (Wildman–Crippen MR) is 34.6 cm³/mol. The van der Waals surface area contributed by atoms with Gasteiger partial charge in [0.25, 0.3) is 0 Å². The summed E-state index contributed by atoms with van der Waals surface area (Å²) in [5.41, 5.74) is 9.58. The van der Waals surface area contributed by atoms with Crippen molar-refractivity contribution in [1.29, 1.82) is 0 Å². The van der Waals surface area contributed by atoms with Gasteiger partial charge in [0.15, 0.2) is 0 Å². The van der Waals surface area contributed by atoms with Crippen LogP contribution in [0.5, 0.6) is 0 Å². The first-order valence-electron chi connectivity index (χ1n) is 5.33. The third-order valence-electron chi connectivity index (χ3n) is 0.207. The van der Waals surface area contributed by atoms with Gasteiger partial charge in [-0.2, -0.15) is 0 Å². The van der Waals surface area contributed by atoms with E-state index in [0.29, 0.717) is 0 Å². The summed E-state index contributed by atoms with van der Waals surface area (Å²) in [6, 6.07) is 0. The Labute approximate surface area is 61.9 Å². The van der Waals surface area contributed by atoms with Crippen molar-refractivity contribution in [2.24, 2.45) is 11.5 Å². The quantitative estimate of drug-likeness (QED) is 0.573. The Morgan fingerprint density at radius 1 is 1.14 bits per heavy atom. The van der Waals surface area contributed by atoms with E-state index in [9.17, 15) is 0 Å². The second-order valence-corrected chi connectivity index (χ2v) is 0.539. The Hall–Kier alpha value is 0.210. The van der Waals surface area contributed by atoms with Crippen LogP contribution in [0.2, 0.25) is 0 Å². The van der Waals surface area contributed by atoms with Crippen molar-refractivity contribution in [2.45, 2.75) is 12.7 Å². The standard InChI is InChI=1S/C4H12N2.ClH/c5-3-1-2-4-6;/h1-6H2;1H/i1D2,2D2,3D2,4D2;. The van der Waals surface area contributed by atoms with Crippen LogP contribution in [0.3, 0.4) is 0 Å². The first-order valence-corrected chi connectivity index (χ1v) is 1.33. The van der Waals surface area contributed by atoms with Gasteiger partial charge in [-0.25, -0.2) is 0 Å². The van der Waals surface area contributed by atoms with E-state index in [-0.39, 0.29) is 12.4 Å². The maximum atomic E-state index is 7.11. The highest BCUT2D eigenvalue weighted by Gasteiger charge is 1.75. The van der Waals surface area contributed by atoms with E-state index in [1.165, 1.54) is 0 Å². The lowest BCUT2D eigenvalue weighted by Gasteiger charge is -1.87. The summed E-state index contributed by atoms with van der Waals surface area (Å²) >= 11 is 0. The van der Waals surface area contributed by atoms with Gasteiger partial charge in [0, 0.05) is 11.0 Å². The van der Waals surface area contributed by atoms with Gasteiger partial charge in [-0.3, -0.25) is 0 Å². The fourth-order valence-corrected chi connectivity index (χ4v) is 0.0722. The maximum absolute atomic E-state index is 7.11. The van der Waals surface area contributed by atoms with Crippen molar-refractivity contribution >= 4 is 12.4 Å². The van der Waals surface area contributed by atoms with E-state index >= 15 is 0 Å². The fraction of sp³-hybridized carbons (Fsp3) is 1.00. The Bertz CT molecular complexity index is 194. The summed E-state index contributed by atoms with van der Waals surface area (Å²) in [5.74, 6) is 0. The molecule has 0 aromatic heterocycles. The number of nitrogens with two attached hydrogens (primary N) is 2. The third kappa shape index (κ3) is 10.7. The van der Waals surface area contributed by atoms with E-state index in [2.05, 4.69) is 0 Å². The Kier molecular flexibility index (Phi) is 2.16. The molecule has 0 amide bonds. The molecule has 7 heavy (non-hydrogen) atoms. The maximum Gasteiger partial charge on any atom is 0.0425 e. The second kappa shape index (κ2) is 9.51. The normalized spacial score (nSPS) is 32.9. The van der Waals surface area contributed by atoms with Gasteiger partial charge in [0.1, 0.15) is 0 Å². The molecule has 0 bridgehead atoms. The van der Waals surface area contributed by atoms with E-state index in [1.54, 1.807) is 0 Å². The monoisotopic (exact) mass is 132 g/mol. The zero-order chi connectivity index (χ0) is 12.0. The van der Waals surface area contributed by atoms with Crippen LogP contribution in [0, 0.1) is 0 Å². The van der Waals surface area contributed by atoms with Crippen molar-refractivity contribution in [2.75, 3.05) is 13.0 Å². The van der Waals surface area contributed by atoms with E-state index in [4.69, 9.17) is 22.4 Å². The van der Waals surface area contributed by atoms with Crippen LogP contribution >= 0.6 is 12.4 Å². The van der Waals surface area contributed by atoms with E-state index < -0.39 is 25.7 Å². The lowest BCUT2D eigenvalue weighted by molar-refractivity contribution is 0.755. The van der Waals surface area contributed by atoms with Crippen LogP contribution in [0.15, 0.2) is 0 Å². The van der Waals surface area contributed by atoms with Crippen molar-refractivity contribution < 1.29 is 11.0 Å². The molecule has 0 saturated heterocycles. The molecule has 4 N–H and O–H groups in total. The Morgan fingerprint density at radius 2 is 1.43 bits per heavy atom. The summed E-state index contributed by atoms with van der Waals surface area (Å²) in [6.07, 6.45) is -6.48. The molecule has 0 atom stereocenters. The average molecular weight is 133 g/mol. The number of hydrogen-bond acceptors (Lipinski definition) is 2. The summed E-state index contributed by atoms with van der Waals surface area (Å²) in [7, 11) is 0. The highest BCUT2D eigenvalue weighted by atomic mass is 35.5. The van der Waals surface area contributed by atoms with E-state index in [1.807, 2.05) is 0 Å². The van der Waals surface area contributed by atoms with E-state index in [0.717, 1.165) is 0 Å². The third-order valence-corrected chi connectivity index (χ3v) is 0.207. The number of rotatable bonds is 3. The molecule has 0 aliphatic carbocycles. The molecule has 0 fully saturated rings. The summed E-state index contributed by atoms with van der Waals surface area (Å²) in [4.78, 5) is 0. The molecule has 0 spiro atoms. The van der Waals surface area contributed by atoms with Gasteiger partial charge in [0.2, 0.25) is 0 Å². The molecule has 0 aromatic carbocycles. The van der Waals surface area contributed by atoms with Gasteiger partial charge in [0.05, 0.1) is 0 Å². The minimum atomic E-state index is -3.24. The molecule has 0 radical (unpaired) electrons. The lowest BCUT2D eigenvalue weighted by atomic mass is 10.3. The van der Waals surface area contributed by atoms with Crippen LogP contribution in [0.1, 0.15) is 23.7 Å². The molecule has 0 saturated carbocycles. The zero-order valence-corrected chi connectivity index (χ0v) is 4.38. The summed E-state index contributed by atoms with van der Waals surface area (Å²) in [6.45, 7) is -6.05. The Morgan fingerprint density at radius 3 is 1.57 bits per heavy atom. The highest BCUT2D eigenvalue weighted by molar-refractivity contribution is 5.85. The highest BCUT2D eigenvalue weighted by Crippen LogP contribution is 1.77. The zero-order valence-electron chi connectivity index (χ0n) is 11.6. The van der Waals surface area contributed by atoms with Crippen LogP contribution in [0.4, 0.5) is 0 Å². The van der Waals surface area contributed by atoms with Gasteiger partial charge in [-0.15, -0.1) is 12.4 Å². The average Bonchev–Trinajstić information content (AvgIpc) is 1.81. The minimum absolute atomic E-state index is 0. The van der Waals surface area contributed by atoms with Crippen LogP contribution in [-0.2, 0) is 0 Å². The molecule has 0 unspecified atom stereocenters. The topological polar surface area (TPSA) is 52.0 Å². The van der Waals surface area contributed by atoms with Crippen LogP contribution in [-0.4, -0.2) is 13.0 Å². The molecule has 3 heteroatoms. The predicted octanol–water partition coefficient (Wildman–Crippen LogP) is 0.106. The fourth-order valence-electron chi connectivity index (χ4n) is 0.0722. The molecule has 0 rings (SSSR count). The Balaban J connectivity index is 0.